The smallest absolute Gasteiger partial charge is 0.305 e. The zero-order chi connectivity index (χ0) is 21.7. The van der Waals surface area contributed by atoms with E-state index in [9.17, 15) is 9.59 Å². The molecule has 0 aliphatic rings. The van der Waals surface area contributed by atoms with E-state index in [0.717, 1.165) is 16.5 Å². The highest BCUT2D eigenvalue weighted by atomic mass is 16.5. The van der Waals surface area contributed by atoms with Gasteiger partial charge in [-0.3, -0.25) is 9.59 Å². The lowest BCUT2D eigenvalue weighted by molar-refractivity contribution is -0.871. The van der Waals surface area contributed by atoms with Crippen LogP contribution in [0.4, 0.5) is 0 Å². The molecule has 3 aromatic rings. The van der Waals surface area contributed by atoms with Crippen LogP contribution in [0.1, 0.15) is 22.7 Å². The number of carbonyl (C=O) groups is 2. The molecule has 7 nitrogen and oxygen atoms in total. The average Bonchev–Trinajstić information content (AvgIpc) is 3.13. The molecule has 0 saturated carbocycles. The van der Waals surface area contributed by atoms with E-state index < -0.39 is 17.9 Å². The number of hydrogen-bond acceptors (Lipinski definition) is 4. The predicted octanol–water partition coefficient (Wildman–Crippen LogP) is 3.29. The first-order valence-electron chi connectivity index (χ1n) is 9.74. The SMILES string of the molecule is C[N+](C)(C)C[C@@H](CC(=O)O)NC(=O)c1ccc(COc2cccc3ccccc23)o1. The summed E-state index contributed by atoms with van der Waals surface area (Å²) < 4.78 is 12.0. The van der Waals surface area contributed by atoms with Crippen molar-refractivity contribution in [2.45, 2.75) is 19.1 Å². The van der Waals surface area contributed by atoms with Crippen molar-refractivity contribution in [2.75, 3.05) is 27.7 Å². The van der Waals surface area contributed by atoms with Crippen molar-refractivity contribution >= 4 is 22.6 Å². The van der Waals surface area contributed by atoms with Crippen LogP contribution in [0.15, 0.2) is 59.0 Å². The fraction of sp³-hybridized carbons (Fsp3) is 0.304. The summed E-state index contributed by atoms with van der Waals surface area (Å²) in [6.07, 6.45) is -0.154. The third-order valence-corrected chi connectivity index (χ3v) is 4.53. The third-order valence-electron chi connectivity index (χ3n) is 4.53. The molecule has 1 aromatic heterocycles. The molecule has 158 valence electrons. The number of aliphatic carboxylic acids is 1. The minimum absolute atomic E-state index is 0.128. The van der Waals surface area contributed by atoms with Crippen molar-refractivity contribution < 1.29 is 28.3 Å². The van der Waals surface area contributed by atoms with Gasteiger partial charge >= 0.3 is 5.97 Å². The van der Waals surface area contributed by atoms with Crippen LogP contribution >= 0.6 is 0 Å². The molecule has 0 bridgehead atoms. The Labute approximate surface area is 175 Å². The van der Waals surface area contributed by atoms with Gasteiger partial charge in [0.25, 0.3) is 5.91 Å². The van der Waals surface area contributed by atoms with Gasteiger partial charge in [0.05, 0.1) is 40.2 Å². The van der Waals surface area contributed by atoms with Gasteiger partial charge in [0.15, 0.2) is 5.76 Å². The predicted molar refractivity (Wildman–Crippen MR) is 113 cm³/mol. The van der Waals surface area contributed by atoms with Crippen LogP contribution in [0.2, 0.25) is 0 Å². The molecule has 0 aliphatic carbocycles. The lowest BCUT2D eigenvalue weighted by atomic mass is 10.1. The van der Waals surface area contributed by atoms with Crippen molar-refractivity contribution in [3.63, 3.8) is 0 Å². The highest BCUT2D eigenvalue weighted by molar-refractivity contribution is 5.92. The Balaban J connectivity index is 1.64. The zero-order valence-electron chi connectivity index (χ0n) is 17.4. The Bertz CT molecular complexity index is 1030. The van der Waals surface area contributed by atoms with E-state index in [2.05, 4.69) is 5.32 Å². The molecule has 3 rings (SSSR count). The fourth-order valence-electron chi connectivity index (χ4n) is 3.34. The first kappa shape index (κ1) is 21.4. The number of nitrogens with zero attached hydrogens (tertiary/aromatic N) is 1. The minimum Gasteiger partial charge on any atom is -0.485 e. The van der Waals surface area contributed by atoms with Gasteiger partial charge in [-0.1, -0.05) is 36.4 Å². The summed E-state index contributed by atoms with van der Waals surface area (Å²) in [6.45, 7) is 0.661. The second-order valence-corrected chi connectivity index (χ2v) is 8.27. The number of carboxylic acids is 1. The van der Waals surface area contributed by atoms with E-state index in [1.807, 2.05) is 63.6 Å². The Kier molecular flexibility index (Phi) is 6.42. The number of benzene rings is 2. The maximum absolute atomic E-state index is 12.5. The average molecular weight is 411 g/mol. The number of hydrogen-bond donors (Lipinski definition) is 2. The summed E-state index contributed by atoms with van der Waals surface area (Å²) in [5.41, 5.74) is 0. The van der Waals surface area contributed by atoms with E-state index in [-0.39, 0.29) is 18.8 Å². The normalized spacial score (nSPS) is 12.5. The van der Waals surface area contributed by atoms with Crippen molar-refractivity contribution in [1.29, 1.82) is 0 Å². The van der Waals surface area contributed by atoms with E-state index in [4.69, 9.17) is 14.3 Å². The number of quaternary nitrogens is 1. The Morgan fingerprint density at radius 3 is 2.53 bits per heavy atom. The van der Waals surface area contributed by atoms with Crippen LogP contribution in [0, 0.1) is 0 Å². The number of ether oxygens (including phenoxy) is 1. The van der Waals surface area contributed by atoms with Crippen molar-refractivity contribution in [3.05, 3.63) is 66.1 Å². The van der Waals surface area contributed by atoms with Crippen LogP contribution < -0.4 is 10.1 Å². The molecule has 0 aliphatic heterocycles. The maximum atomic E-state index is 12.5. The Morgan fingerprint density at radius 2 is 1.80 bits per heavy atom. The number of carboxylic acid groups (broad SMARTS) is 1. The first-order chi connectivity index (χ1) is 14.2. The second kappa shape index (κ2) is 9.00. The minimum atomic E-state index is -0.961. The molecule has 2 N–H and O–H groups in total. The Morgan fingerprint density at radius 1 is 1.07 bits per heavy atom. The number of nitrogens with one attached hydrogen (secondary N) is 1. The summed E-state index contributed by atoms with van der Waals surface area (Å²) >= 11 is 0. The number of likely N-dealkylation sites (N-methyl/N-ethyl adjacent to an activating group) is 1. The monoisotopic (exact) mass is 411 g/mol. The molecule has 0 spiro atoms. The molecule has 0 radical (unpaired) electrons. The van der Waals surface area contributed by atoms with Gasteiger partial charge in [0, 0.05) is 5.39 Å². The van der Waals surface area contributed by atoms with Gasteiger partial charge in [-0.15, -0.1) is 0 Å². The molecule has 1 amide bonds. The van der Waals surface area contributed by atoms with Crippen molar-refractivity contribution in [3.8, 4) is 5.75 Å². The molecule has 0 saturated heterocycles. The standard InChI is InChI=1S/C23H26N2O5/c1-25(2,3)14-17(13-22(26)27)24-23(28)21-12-11-18(30-21)15-29-20-10-6-8-16-7-4-5-9-19(16)20/h4-12,17H,13-15H2,1-3H3,(H-,24,26,27,28)/p+1/t17-/m1/s1. The van der Waals surface area contributed by atoms with Gasteiger partial charge < -0.3 is 24.1 Å². The quantitative estimate of drug-likeness (QED) is 0.528. The summed E-state index contributed by atoms with van der Waals surface area (Å²) in [5.74, 6) is -0.0266. The topological polar surface area (TPSA) is 88.8 Å². The van der Waals surface area contributed by atoms with E-state index in [0.29, 0.717) is 16.8 Å². The number of fused-ring (bicyclic) bond motifs is 1. The number of furan rings is 1. The van der Waals surface area contributed by atoms with Gasteiger partial charge in [0.2, 0.25) is 0 Å². The third kappa shape index (κ3) is 5.84. The Hall–Kier alpha value is -3.32. The molecule has 1 atom stereocenters. The lowest BCUT2D eigenvalue weighted by Gasteiger charge is -2.28. The lowest BCUT2D eigenvalue weighted by Crippen LogP contribution is -2.49. The zero-order valence-corrected chi connectivity index (χ0v) is 17.4. The fourth-order valence-corrected chi connectivity index (χ4v) is 3.34. The van der Waals surface area contributed by atoms with Crippen LogP contribution in [0.25, 0.3) is 10.8 Å². The largest absolute Gasteiger partial charge is 0.485 e. The van der Waals surface area contributed by atoms with E-state index in [1.165, 1.54) is 0 Å². The molecule has 2 aromatic carbocycles. The van der Waals surface area contributed by atoms with Gasteiger partial charge in [-0.05, 0) is 23.6 Å². The number of amides is 1. The summed E-state index contributed by atoms with van der Waals surface area (Å²) in [7, 11) is 5.82. The molecular weight excluding hydrogens is 384 g/mol. The van der Waals surface area contributed by atoms with Crippen LogP contribution in [-0.2, 0) is 11.4 Å². The molecule has 0 fully saturated rings. The summed E-state index contributed by atoms with van der Waals surface area (Å²) in [6, 6.07) is 16.5. The number of rotatable bonds is 9. The van der Waals surface area contributed by atoms with Gasteiger partial charge in [-0.2, -0.15) is 0 Å². The molecule has 1 heterocycles. The van der Waals surface area contributed by atoms with E-state index >= 15 is 0 Å². The molecule has 0 unspecified atom stereocenters. The van der Waals surface area contributed by atoms with Crippen molar-refractivity contribution in [1.82, 2.24) is 5.32 Å². The summed E-state index contributed by atoms with van der Waals surface area (Å²) in [4.78, 5) is 23.7. The molecular formula is C23H27N2O5+. The van der Waals surface area contributed by atoms with Gasteiger partial charge in [-0.25, -0.2) is 0 Å². The maximum Gasteiger partial charge on any atom is 0.305 e. The number of carbonyl (C=O) groups excluding carboxylic acids is 1. The van der Waals surface area contributed by atoms with Crippen LogP contribution in [0.3, 0.4) is 0 Å². The van der Waals surface area contributed by atoms with E-state index in [1.54, 1.807) is 12.1 Å². The van der Waals surface area contributed by atoms with Crippen LogP contribution in [0.5, 0.6) is 5.75 Å². The van der Waals surface area contributed by atoms with Crippen LogP contribution in [-0.4, -0.2) is 55.2 Å². The molecule has 7 heteroatoms. The van der Waals surface area contributed by atoms with Crippen molar-refractivity contribution in [2.24, 2.45) is 0 Å². The van der Waals surface area contributed by atoms with Gasteiger partial charge in [0.1, 0.15) is 18.1 Å². The first-order valence-corrected chi connectivity index (χ1v) is 9.74. The molecule has 30 heavy (non-hydrogen) atoms. The second-order valence-electron chi connectivity index (χ2n) is 8.27. The highest BCUT2D eigenvalue weighted by Gasteiger charge is 2.24. The highest BCUT2D eigenvalue weighted by Crippen LogP contribution is 2.26. The summed E-state index contributed by atoms with van der Waals surface area (Å²) in [5, 5.41) is 14.0.